The summed E-state index contributed by atoms with van der Waals surface area (Å²) in [7, 11) is 0. The quantitative estimate of drug-likeness (QED) is 0.482. The molecule has 0 spiro atoms. The van der Waals surface area contributed by atoms with Crippen LogP contribution in [-0.4, -0.2) is 16.2 Å². The Kier molecular flexibility index (Phi) is 5.46. The van der Waals surface area contributed by atoms with E-state index in [2.05, 4.69) is 36.4 Å². The standard InChI is InChI=1S/C18H11BrClN5O/c19-13-7-6-12(15(20)8-13)10-22-25-18-23-16(11-4-2-1-3-5-11)14(9-21)17(26)24-18/h1-8,10H,(H2,23,24,25,26). The predicted octanol–water partition coefficient (Wildman–Crippen LogP) is 4.17. The van der Waals surface area contributed by atoms with Crippen LogP contribution in [0.4, 0.5) is 5.95 Å². The van der Waals surface area contributed by atoms with Gasteiger partial charge in [-0.3, -0.25) is 9.78 Å². The molecule has 0 atom stereocenters. The van der Waals surface area contributed by atoms with Gasteiger partial charge >= 0.3 is 0 Å². The van der Waals surface area contributed by atoms with E-state index >= 15 is 0 Å². The maximum Gasteiger partial charge on any atom is 0.270 e. The fourth-order valence-electron chi connectivity index (χ4n) is 2.20. The molecule has 2 N–H and O–H groups in total. The van der Waals surface area contributed by atoms with Crippen molar-refractivity contribution in [2.24, 2.45) is 5.10 Å². The number of aromatic amines is 1. The van der Waals surface area contributed by atoms with Gasteiger partial charge in [-0.1, -0.05) is 63.9 Å². The number of hydrazone groups is 1. The first-order chi connectivity index (χ1) is 12.6. The Labute approximate surface area is 162 Å². The maximum atomic E-state index is 12.2. The van der Waals surface area contributed by atoms with Crippen LogP contribution in [0.3, 0.4) is 0 Å². The monoisotopic (exact) mass is 427 g/mol. The molecule has 1 heterocycles. The smallest absolute Gasteiger partial charge is 0.270 e. The number of anilines is 1. The molecule has 6 nitrogen and oxygen atoms in total. The fraction of sp³-hybridized carbons (Fsp3) is 0. The van der Waals surface area contributed by atoms with Gasteiger partial charge in [0, 0.05) is 15.6 Å². The van der Waals surface area contributed by atoms with Gasteiger partial charge in [0.1, 0.15) is 11.6 Å². The normalized spacial score (nSPS) is 10.7. The van der Waals surface area contributed by atoms with Crippen molar-refractivity contribution in [3.05, 3.63) is 79.5 Å². The zero-order valence-electron chi connectivity index (χ0n) is 13.2. The first-order valence-electron chi connectivity index (χ1n) is 7.42. The third-order valence-corrected chi connectivity index (χ3v) is 4.24. The molecule has 128 valence electrons. The van der Waals surface area contributed by atoms with E-state index in [-0.39, 0.29) is 17.2 Å². The van der Waals surface area contributed by atoms with E-state index in [4.69, 9.17) is 11.6 Å². The number of benzene rings is 2. The molecule has 3 aromatic rings. The van der Waals surface area contributed by atoms with E-state index in [1.165, 1.54) is 6.21 Å². The van der Waals surface area contributed by atoms with Crippen LogP contribution in [0.1, 0.15) is 11.1 Å². The highest BCUT2D eigenvalue weighted by atomic mass is 79.9. The van der Waals surface area contributed by atoms with Crippen molar-refractivity contribution in [3.8, 4) is 17.3 Å². The number of hydrogen-bond acceptors (Lipinski definition) is 5. The minimum Gasteiger partial charge on any atom is -0.290 e. The zero-order valence-corrected chi connectivity index (χ0v) is 15.5. The van der Waals surface area contributed by atoms with Crippen LogP contribution in [0.5, 0.6) is 0 Å². The van der Waals surface area contributed by atoms with Gasteiger partial charge in [-0.25, -0.2) is 10.4 Å². The minimum atomic E-state index is -0.541. The lowest BCUT2D eigenvalue weighted by Crippen LogP contribution is -2.16. The topological polar surface area (TPSA) is 93.9 Å². The summed E-state index contributed by atoms with van der Waals surface area (Å²) in [5, 5.41) is 13.8. The molecule has 2 aromatic carbocycles. The highest BCUT2D eigenvalue weighted by Crippen LogP contribution is 2.21. The molecule has 0 saturated heterocycles. The van der Waals surface area contributed by atoms with E-state index in [0.717, 1.165) is 4.47 Å². The summed E-state index contributed by atoms with van der Waals surface area (Å²) in [6.07, 6.45) is 1.51. The maximum absolute atomic E-state index is 12.2. The summed E-state index contributed by atoms with van der Waals surface area (Å²) >= 11 is 9.46. The molecule has 0 amide bonds. The Balaban J connectivity index is 1.92. The number of hydrogen-bond donors (Lipinski definition) is 2. The Morgan fingerprint density at radius 3 is 2.73 bits per heavy atom. The first-order valence-corrected chi connectivity index (χ1v) is 8.59. The average Bonchev–Trinajstić information content (AvgIpc) is 2.64. The summed E-state index contributed by atoms with van der Waals surface area (Å²) in [6.45, 7) is 0. The van der Waals surface area contributed by atoms with Gasteiger partial charge in [0.25, 0.3) is 5.56 Å². The van der Waals surface area contributed by atoms with Crippen molar-refractivity contribution in [2.75, 3.05) is 5.43 Å². The lowest BCUT2D eigenvalue weighted by atomic mass is 10.1. The molecule has 3 rings (SSSR count). The summed E-state index contributed by atoms with van der Waals surface area (Å²) in [5.74, 6) is 0.123. The van der Waals surface area contributed by atoms with Crippen LogP contribution < -0.4 is 11.0 Å². The molecule has 0 bridgehead atoms. The van der Waals surface area contributed by atoms with E-state index in [1.807, 2.05) is 18.2 Å². The van der Waals surface area contributed by atoms with Gasteiger partial charge in [-0.05, 0) is 12.1 Å². The predicted molar refractivity (Wildman–Crippen MR) is 105 cm³/mol. The van der Waals surface area contributed by atoms with Gasteiger partial charge in [-0.15, -0.1) is 0 Å². The van der Waals surface area contributed by atoms with Crippen molar-refractivity contribution in [2.45, 2.75) is 0 Å². The summed E-state index contributed by atoms with van der Waals surface area (Å²) in [6, 6.07) is 16.3. The second-order valence-electron chi connectivity index (χ2n) is 5.15. The van der Waals surface area contributed by atoms with Gasteiger partial charge in [0.15, 0.2) is 0 Å². The average molecular weight is 429 g/mol. The SMILES string of the molecule is N#Cc1c(-c2ccccc2)nc(NN=Cc2ccc(Br)cc2Cl)[nH]c1=O. The minimum absolute atomic E-state index is 0.0540. The molecule has 8 heteroatoms. The molecule has 0 unspecified atom stereocenters. The van der Waals surface area contributed by atoms with Crippen molar-refractivity contribution < 1.29 is 0 Å². The van der Waals surface area contributed by atoms with E-state index < -0.39 is 5.56 Å². The van der Waals surface area contributed by atoms with Crippen LogP contribution in [0.25, 0.3) is 11.3 Å². The number of H-pyrrole nitrogens is 1. The number of nitrogens with zero attached hydrogens (tertiary/aromatic N) is 3. The highest BCUT2D eigenvalue weighted by Gasteiger charge is 2.12. The second-order valence-corrected chi connectivity index (χ2v) is 6.47. The Morgan fingerprint density at radius 1 is 1.27 bits per heavy atom. The van der Waals surface area contributed by atoms with E-state index in [1.54, 1.807) is 36.4 Å². The Hall–Kier alpha value is -2.95. The lowest BCUT2D eigenvalue weighted by Gasteiger charge is -2.06. The molecule has 0 fully saturated rings. The van der Waals surface area contributed by atoms with Crippen LogP contribution in [0, 0.1) is 11.3 Å². The molecule has 0 aliphatic rings. The summed E-state index contributed by atoms with van der Waals surface area (Å²) in [5.41, 5.74) is 3.71. The third-order valence-electron chi connectivity index (χ3n) is 3.42. The molecule has 0 saturated carbocycles. The number of aromatic nitrogens is 2. The van der Waals surface area contributed by atoms with Crippen LogP contribution in [0.2, 0.25) is 5.02 Å². The molecule has 0 aliphatic heterocycles. The van der Waals surface area contributed by atoms with E-state index in [0.29, 0.717) is 16.1 Å². The van der Waals surface area contributed by atoms with Gasteiger partial charge in [0.05, 0.1) is 16.9 Å². The van der Waals surface area contributed by atoms with Crippen molar-refractivity contribution in [1.82, 2.24) is 9.97 Å². The fourth-order valence-corrected chi connectivity index (χ4v) is 2.93. The van der Waals surface area contributed by atoms with E-state index in [9.17, 15) is 10.1 Å². The van der Waals surface area contributed by atoms with Crippen LogP contribution >= 0.6 is 27.5 Å². The second kappa shape index (κ2) is 7.95. The number of rotatable bonds is 4. The molecule has 0 aliphatic carbocycles. The first kappa shape index (κ1) is 17.9. The lowest BCUT2D eigenvalue weighted by molar-refractivity contribution is 1.08. The Morgan fingerprint density at radius 2 is 2.04 bits per heavy atom. The van der Waals surface area contributed by atoms with Gasteiger partial charge < -0.3 is 0 Å². The van der Waals surface area contributed by atoms with Crippen LogP contribution in [-0.2, 0) is 0 Å². The van der Waals surface area contributed by atoms with Gasteiger partial charge in [0.2, 0.25) is 5.95 Å². The molecule has 26 heavy (non-hydrogen) atoms. The molecule has 1 aromatic heterocycles. The third kappa shape index (κ3) is 3.99. The number of halogens is 2. The van der Waals surface area contributed by atoms with Crippen LogP contribution in [0.15, 0.2) is 62.9 Å². The van der Waals surface area contributed by atoms with Crippen molar-refractivity contribution >= 4 is 39.7 Å². The van der Waals surface area contributed by atoms with Crippen molar-refractivity contribution in [3.63, 3.8) is 0 Å². The van der Waals surface area contributed by atoms with Crippen molar-refractivity contribution in [1.29, 1.82) is 5.26 Å². The molecular weight excluding hydrogens is 418 g/mol. The number of nitrogens with one attached hydrogen (secondary N) is 2. The highest BCUT2D eigenvalue weighted by molar-refractivity contribution is 9.10. The summed E-state index contributed by atoms with van der Waals surface area (Å²) < 4.78 is 0.859. The summed E-state index contributed by atoms with van der Waals surface area (Å²) in [4.78, 5) is 18.9. The zero-order chi connectivity index (χ0) is 18.5. The molecule has 0 radical (unpaired) electrons. The van der Waals surface area contributed by atoms with Gasteiger partial charge in [-0.2, -0.15) is 10.4 Å². The largest absolute Gasteiger partial charge is 0.290 e. The Bertz CT molecular complexity index is 1070. The molecular formula is C18H11BrClN5O. The number of nitriles is 1.